The number of thioether (sulfide) groups is 2. The summed E-state index contributed by atoms with van der Waals surface area (Å²) in [6.07, 6.45) is 1.76. The minimum absolute atomic E-state index is 0.0107. The van der Waals surface area contributed by atoms with Crippen LogP contribution in [0.25, 0.3) is 0 Å². The molecule has 0 saturated carbocycles. The molecular weight excluding hydrogens is 337 g/mol. The molecule has 0 unspecified atom stereocenters. The SMILES string of the molecule is O=C(CSc1ccc(F)cc1)NCC1(OCCO)CCSCC1. The lowest BCUT2D eigenvalue weighted by Gasteiger charge is -2.37. The van der Waals surface area contributed by atoms with E-state index < -0.39 is 0 Å². The van der Waals surface area contributed by atoms with Crippen molar-refractivity contribution in [2.45, 2.75) is 23.3 Å². The summed E-state index contributed by atoms with van der Waals surface area (Å²) in [5.41, 5.74) is -0.357. The number of benzene rings is 1. The summed E-state index contributed by atoms with van der Waals surface area (Å²) in [5.74, 6) is 1.95. The molecule has 0 atom stereocenters. The number of aliphatic hydroxyl groups excluding tert-OH is 1. The fraction of sp³-hybridized carbons (Fsp3) is 0.562. The molecule has 1 aromatic rings. The number of carbonyl (C=O) groups is 1. The van der Waals surface area contributed by atoms with Gasteiger partial charge in [0.15, 0.2) is 0 Å². The van der Waals surface area contributed by atoms with Crippen LogP contribution in [0.15, 0.2) is 29.2 Å². The lowest BCUT2D eigenvalue weighted by Crippen LogP contribution is -2.48. The molecule has 128 valence electrons. The number of amides is 1. The Bertz CT molecular complexity index is 493. The second-order valence-corrected chi connectivity index (χ2v) is 7.66. The number of rotatable bonds is 8. The summed E-state index contributed by atoms with van der Waals surface area (Å²) in [6, 6.07) is 6.10. The molecule has 7 heteroatoms. The summed E-state index contributed by atoms with van der Waals surface area (Å²) in [7, 11) is 0. The number of aliphatic hydroxyl groups is 1. The maximum Gasteiger partial charge on any atom is 0.230 e. The molecule has 4 nitrogen and oxygen atoms in total. The van der Waals surface area contributed by atoms with E-state index in [0.717, 1.165) is 29.2 Å². The van der Waals surface area contributed by atoms with Crippen molar-refractivity contribution in [1.29, 1.82) is 0 Å². The van der Waals surface area contributed by atoms with Crippen molar-refractivity contribution < 1.29 is 19.0 Å². The zero-order valence-electron chi connectivity index (χ0n) is 12.9. The standard InChI is InChI=1S/C16H22FNO3S2/c17-13-1-3-14(4-2-13)23-11-15(20)18-12-16(21-8-7-19)5-9-22-10-6-16/h1-4,19H,5-12H2,(H,18,20). The zero-order valence-corrected chi connectivity index (χ0v) is 14.6. The van der Waals surface area contributed by atoms with E-state index in [-0.39, 0.29) is 29.7 Å². The summed E-state index contributed by atoms with van der Waals surface area (Å²) >= 11 is 3.26. The van der Waals surface area contributed by atoms with Gasteiger partial charge < -0.3 is 15.2 Å². The molecule has 1 amide bonds. The summed E-state index contributed by atoms with van der Waals surface area (Å²) in [6.45, 7) is 0.754. The molecule has 1 aliphatic rings. The van der Waals surface area contributed by atoms with Gasteiger partial charge in [0.2, 0.25) is 5.91 Å². The van der Waals surface area contributed by atoms with Gasteiger partial charge in [-0.1, -0.05) is 0 Å². The van der Waals surface area contributed by atoms with Crippen LogP contribution >= 0.6 is 23.5 Å². The Balaban J connectivity index is 1.77. The predicted octanol–water partition coefficient (Wildman–Crippen LogP) is 2.31. The van der Waals surface area contributed by atoms with Crippen molar-refractivity contribution in [1.82, 2.24) is 5.32 Å². The average Bonchev–Trinajstić information content (AvgIpc) is 2.59. The van der Waals surface area contributed by atoms with Gasteiger partial charge in [0.05, 0.1) is 24.6 Å². The van der Waals surface area contributed by atoms with E-state index in [9.17, 15) is 9.18 Å². The molecule has 0 bridgehead atoms. The van der Waals surface area contributed by atoms with Crippen molar-refractivity contribution in [3.63, 3.8) is 0 Å². The summed E-state index contributed by atoms with van der Waals surface area (Å²) < 4.78 is 18.7. The van der Waals surface area contributed by atoms with E-state index in [1.54, 1.807) is 12.1 Å². The molecule has 0 aromatic heterocycles. The second kappa shape index (κ2) is 9.52. The first-order chi connectivity index (χ1) is 11.1. The largest absolute Gasteiger partial charge is 0.394 e. The van der Waals surface area contributed by atoms with Gasteiger partial charge in [-0.3, -0.25) is 4.79 Å². The van der Waals surface area contributed by atoms with E-state index in [1.807, 2.05) is 11.8 Å². The van der Waals surface area contributed by atoms with Crippen LogP contribution in [0.3, 0.4) is 0 Å². The van der Waals surface area contributed by atoms with E-state index in [2.05, 4.69) is 5.32 Å². The summed E-state index contributed by atoms with van der Waals surface area (Å²) in [4.78, 5) is 12.9. The topological polar surface area (TPSA) is 58.6 Å². The molecule has 0 aliphatic carbocycles. The Morgan fingerprint density at radius 2 is 2.04 bits per heavy atom. The van der Waals surface area contributed by atoms with Gasteiger partial charge in [0, 0.05) is 11.4 Å². The molecule has 1 aromatic carbocycles. The zero-order chi connectivity index (χ0) is 16.5. The van der Waals surface area contributed by atoms with Gasteiger partial charge in [0.1, 0.15) is 5.82 Å². The molecule has 1 fully saturated rings. The number of carbonyl (C=O) groups excluding carboxylic acids is 1. The third-order valence-corrected chi connectivity index (χ3v) is 5.69. The first-order valence-electron chi connectivity index (χ1n) is 7.61. The smallest absolute Gasteiger partial charge is 0.230 e. The Hall–Kier alpha value is -0.760. The number of ether oxygens (including phenoxy) is 1. The molecule has 23 heavy (non-hydrogen) atoms. The van der Waals surface area contributed by atoms with Crippen molar-refractivity contribution in [3.8, 4) is 0 Å². The van der Waals surface area contributed by atoms with Crippen molar-refractivity contribution in [2.24, 2.45) is 0 Å². The van der Waals surface area contributed by atoms with Crippen molar-refractivity contribution in [3.05, 3.63) is 30.1 Å². The molecule has 1 heterocycles. The van der Waals surface area contributed by atoms with E-state index in [4.69, 9.17) is 9.84 Å². The van der Waals surface area contributed by atoms with Crippen LogP contribution in [0.5, 0.6) is 0 Å². The minimum Gasteiger partial charge on any atom is -0.394 e. The van der Waals surface area contributed by atoms with Gasteiger partial charge in [0.25, 0.3) is 0 Å². The van der Waals surface area contributed by atoms with E-state index in [1.165, 1.54) is 23.9 Å². The molecule has 0 spiro atoms. The quantitative estimate of drug-likeness (QED) is 0.698. The number of nitrogens with one attached hydrogen (secondary N) is 1. The molecule has 2 rings (SSSR count). The molecule has 1 saturated heterocycles. The van der Waals surface area contributed by atoms with Crippen LogP contribution in [0, 0.1) is 5.82 Å². The van der Waals surface area contributed by atoms with Crippen LogP contribution in [0.1, 0.15) is 12.8 Å². The van der Waals surface area contributed by atoms with Crippen LogP contribution in [-0.4, -0.2) is 53.6 Å². The predicted molar refractivity (Wildman–Crippen MR) is 92.5 cm³/mol. The van der Waals surface area contributed by atoms with Crippen molar-refractivity contribution >= 4 is 29.4 Å². The number of hydrogen-bond donors (Lipinski definition) is 2. The normalized spacial score (nSPS) is 17.0. The lowest BCUT2D eigenvalue weighted by molar-refractivity contribution is -0.121. The van der Waals surface area contributed by atoms with Gasteiger partial charge in [-0.2, -0.15) is 11.8 Å². The fourth-order valence-electron chi connectivity index (χ4n) is 2.37. The monoisotopic (exact) mass is 359 g/mol. The van der Waals surface area contributed by atoms with Gasteiger partial charge in [-0.25, -0.2) is 4.39 Å². The highest BCUT2D eigenvalue weighted by atomic mass is 32.2. The molecule has 0 radical (unpaired) electrons. The Morgan fingerprint density at radius 3 is 2.70 bits per heavy atom. The third kappa shape index (κ3) is 6.33. The van der Waals surface area contributed by atoms with E-state index >= 15 is 0 Å². The van der Waals surface area contributed by atoms with Gasteiger partial charge >= 0.3 is 0 Å². The lowest BCUT2D eigenvalue weighted by atomic mass is 9.96. The van der Waals surface area contributed by atoms with Crippen LogP contribution in [-0.2, 0) is 9.53 Å². The Labute approximate surface area is 144 Å². The summed E-state index contributed by atoms with van der Waals surface area (Å²) in [5, 5.41) is 11.9. The van der Waals surface area contributed by atoms with Crippen LogP contribution in [0.2, 0.25) is 0 Å². The average molecular weight is 359 g/mol. The maximum atomic E-state index is 12.8. The third-order valence-electron chi connectivity index (χ3n) is 3.69. The Morgan fingerprint density at radius 1 is 1.35 bits per heavy atom. The molecule has 1 aliphatic heterocycles. The molecule has 2 N–H and O–H groups in total. The van der Waals surface area contributed by atoms with Crippen molar-refractivity contribution in [2.75, 3.05) is 37.0 Å². The second-order valence-electron chi connectivity index (χ2n) is 5.39. The Kier molecular flexibility index (Phi) is 7.69. The fourth-order valence-corrected chi connectivity index (χ4v) is 4.33. The van der Waals surface area contributed by atoms with Gasteiger partial charge in [-0.05, 0) is 48.6 Å². The highest BCUT2D eigenvalue weighted by molar-refractivity contribution is 8.00. The maximum absolute atomic E-state index is 12.8. The molecular formula is C16H22FNO3S2. The van der Waals surface area contributed by atoms with E-state index in [0.29, 0.717) is 13.2 Å². The van der Waals surface area contributed by atoms with Crippen LogP contribution < -0.4 is 5.32 Å². The highest BCUT2D eigenvalue weighted by Crippen LogP contribution is 2.30. The minimum atomic E-state index is -0.357. The first kappa shape index (κ1) is 18.6. The van der Waals surface area contributed by atoms with Crippen LogP contribution in [0.4, 0.5) is 4.39 Å². The number of halogens is 1. The highest BCUT2D eigenvalue weighted by Gasteiger charge is 2.33. The van der Waals surface area contributed by atoms with Gasteiger partial charge in [-0.15, -0.1) is 11.8 Å². The first-order valence-corrected chi connectivity index (χ1v) is 9.75. The number of hydrogen-bond acceptors (Lipinski definition) is 5.